The minimum absolute atomic E-state index is 0.160. The van der Waals surface area contributed by atoms with Crippen LogP contribution in [0.25, 0.3) is 0 Å². The van der Waals surface area contributed by atoms with Crippen LogP contribution >= 0.6 is 11.8 Å². The van der Waals surface area contributed by atoms with Gasteiger partial charge in [0, 0.05) is 22.8 Å². The van der Waals surface area contributed by atoms with Crippen molar-refractivity contribution in [2.75, 3.05) is 17.6 Å². The van der Waals surface area contributed by atoms with Crippen molar-refractivity contribution in [3.05, 3.63) is 65.7 Å². The highest BCUT2D eigenvalue weighted by molar-refractivity contribution is 7.98. The largest absolute Gasteiger partial charge is 0.465 e. The van der Waals surface area contributed by atoms with Crippen molar-refractivity contribution < 1.29 is 19.5 Å². The number of hydrogen-bond donors (Lipinski definition) is 4. The zero-order chi connectivity index (χ0) is 21.1. The van der Waals surface area contributed by atoms with Crippen molar-refractivity contribution in [2.24, 2.45) is 0 Å². The highest BCUT2D eigenvalue weighted by Crippen LogP contribution is 2.14. The summed E-state index contributed by atoms with van der Waals surface area (Å²) in [7, 11) is 0. The number of anilines is 1. The Morgan fingerprint density at radius 1 is 1.10 bits per heavy atom. The van der Waals surface area contributed by atoms with Crippen LogP contribution in [0.5, 0.6) is 0 Å². The Hall–Kier alpha value is -3.51. The fourth-order valence-electron chi connectivity index (χ4n) is 2.40. The molecule has 0 aromatic heterocycles. The summed E-state index contributed by atoms with van der Waals surface area (Å²) >= 11 is 1.48. The molecule has 8 nitrogen and oxygen atoms in total. The van der Waals surface area contributed by atoms with Crippen LogP contribution in [0.4, 0.5) is 10.5 Å². The summed E-state index contributed by atoms with van der Waals surface area (Å²) in [6.45, 7) is -0.160. The maximum absolute atomic E-state index is 12.6. The van der Waals surface area contributed by atoms with E-state index >= 15 is 0 Å². The quantitative estimate of drug-likeness (QED) is 0.468. The van der Waals surface area contributed by atoms with E-state index in [4.69, 9.17) is 10.4 Å². The summed E-state index contributed by atoms with van der Waals surface area (Å²) < 4.78 is 0. The van der Waals surface area contributed by atoms with Crippen LogP contribution in [-0.4, -0.2) is 41.4 Å². The van der Waals surface area contributed by atoms with Gasteiger partial charge in [0.1, 0.15) is 12.6 Å². The van der Waals surface area contributed by atoms with Gasteiger partial charge in [0.25, 0.3) is 5.91 Å². The lowest BCUT2D eigenvalue weighted by Crippen LogP contribution is -2.48. The summed E-state index contributed by atoms with van der Waals surface area (Å²) in [6, 6.07) is 16.6. The summed E-state index contributed by atoms with van der Waals surface area (Å²) in [4.78, 5) is 35.7. The summed E-state index contributed by atoms with van der Waals surface area (Å²) in [6.07, 6.45) is -1.24. The summed E-state index contributed by atoms with van der Waals surface area (Å²) in [5, 5.41) is 24.7. The van der Waals surface area contributed by atoms with E-state index < -0.39 is 23.9 Å². The monoisotopic (exact) mass is 412 g/mol. The second kappa shape index (κ2) is 11.4. The van der Waals surface area contributed by atoms with Crippen molar-refractivity contribution in [3.63, 3.8) is 0 Å². The van der Waals surface area contributed by atoms with E-state index in [1.54, 1.807) is 0 Å². The smallest absolute Gasteiger partial charge is 0.409 e. The number of rotatable bonds is 9. The molecule has 0 aliphatic rings. The lowest BCUT2D eigenvalue weighted by molar-refractivity contribution is -0.122. The predicted octanol–water partition coefficient (Wildman–Crippen LogP) is 2.45. The van der Waals surface area contributed by atoms with Gasteiger partial charge in [0.05, 0.1) is 6.07 Å². The van der Waals surface area contributed by atoms with Gasteiger partial charge >= 0.3 is 6.09 Å². The van der Waals surface area contributed by atoms with E-state index in [0.717, 1.165) is 5.56 Å². The molecule has 0 saturated heterocycles. The number of carbonyl (C=O) groups is 3. The molecule has 0 radical (unpaired) electrons. The van der Waals surface area contributed by atoms with Gasteiger partial charge in [-0.3, -0.25) is 14.9 Å². The van der Waals surface area contributed by atoms with Crippen LogP contribution in [0, 0.1) is 11.3 Å². The third kappa shape index (κ3) is 7.56. The van der Waals surface area contributed by atoms with Gasteiger partial charge < -0.3 is 15.7 Å². The second-order valence-electron chi connectivity index (χ2n) is 5.91. The number of nitrogens with one attached hydrogen (secondary N) is 3. The molecule has 0 saturated carbocycles. The zero-order valence-corrected chi connectivity index (χ0v) is 16.2. The number of carbonyl (C=O) groups excluding carboxylic acids is 2. The van der Waals surface area contributed by atoms with Gasteiger partial charge in [0.2, 0.25) is 5.91 Å². The van der Waals surface area contributed by atoms with Crippen LogP contribution in [0.1, 0.15) is 15.9 Å². The van der Waals surface area contributed by atoms with E-state index in [-0.39, 0.29) is 17.8 Å². The highest BCUT2D eigenvalue weighted by Gasteiger charge is 2.21. The summed E-state index contributed by atoms with van der Waals surface area (Å²) in [5.74, 6) is -0.00132. The van der Waals surface area contributed by atoms with Gasteiger partial charge in [0.15, 0.2) is 0 Å². The van der Waals surface area contributed by atoms with Crippen molar-refractivity contribution in [1.82, 2.24) is 10.6 Å². The van der Waals surface area contributed by atoms with Crippen molar-refractivity contribution in [2.45, 2.75) is 11.8 Å². The van der Waals surface area contributed by atoms with Gasteiger partial charge in [-0.1, -0.05) is 36.4 Å². The molecule has 3 amide bonds. The van der Waals surface area contributed by atoms with Crippen LogP contribution in [0.3, 0.4) is 0 Å². The van der Waals surface area contributed by atoms with Crippen LogP contribution in [0.2, 0.25) is 0 Å². The molecule has 0 aliphatic heterocycles. The molecule has 0 fully saturated rings. The molecule has 2 aromatic rings. The van der Waals surface area contributed by atoms with Gasteiger partial charge in [-0.25, -0.2) is 4.79 Å². The molecule has 2 rings (SSSR count). The number of amides is 3. The third-order valence-electron chi connectivity index (χ3n) is 3.74. The van der Waals surface area contributed by atoms with E-state index in [2.05, 4.69) is 16.0 Å². The molecule has 4 N–H and O–H groups in total. The van der Waals surface area contributed by atoms with Crippen LogP contribution in [0.15, 0.2) is 54.6 Å². The summed E-state index contributed by atoms with van der Waals surface area (Å²) in [5.41, 5.74) is 1.55. The molecule has 0 aliphatic carbocycles. The number of carboxylic acid groups (broad SMARTS) is 1. The number of thioether (sulfide) groups is 1. The van der Waals surface area contributed by atoms with Gasteiger partial charge in [-0.2, -0.15) is 17.0 Å². The number of hydrogen-bond acceptors (Lipinski definition) is 5. The third-order valence-corrected chi connectivity index (χ3v) is 4.84. The fourth-order valence-corrected chi connectivity index (χ4v) is 3.42. The molecular weight excluding hydrogens is 392 g/mol. The first kappa shape index (κ1) is 21.8. The zero-order valence-electron chi connectivity index (χ0n) is 15.4. The predicted molar refractivity (Wildman–Crippen MR) is 111 cm³/mol. The first-order valence-electron chi connectivity index (χ1n) is 8.67. The molecule has 1 unspecified atom stereocenters. The van der Waals surface area contributed by atoms with Crippen LogP contribution in [-0.2, 0) is 10.5 Å². The SMILES string of the molecule is N#CCNC(=O)C(CSCc1ccccc1)NC(=O)c1cccc(NC(=O)O)c1. The Labute approximate surface area is 172 Å². The van der Waals surface area contributed by atoms with E-state index in [0.29, 0.717) is 11.5 Å². The van der Waals surface area contributed by atoms with Gasteiger partial charge in [-0.15, -0.1) is 0 Å². The fraction of sp³-hybridized carbons (Fsp3) is 0.200. The van der Waals surface area contributed by atoms with E-state index in [1.807, 2.05) is 36.4 Å². The number of nitrogens with zero attached hydrogens (tertiary/aromatic N) is 1. The lowest BCUT2D eigenvalue weighted by atomic mass is 10.1. The lowest BCUT2D eigenvalue weighted by Gasteiger charge is -2.18. The van der Waals surface area contributed by atoms with Crippen molar-refractivity contribution in [3.8, 4) is 6.07 Å². The Morgan fingerprint density at radius 3 is 2.55 bits per heavy atom. The molecule has 0 heterocycles. The molecule has 1 atom stereocenters. The Balaban J connectivity index is 2.03. The topological polar surface area (TPSA) is 131 Å². The normalized spacial score (nSPS) is 11.0. The first-order chi connectivity index (χ1) is 14.0. The maximum atomic E-state index is 12.6. The Kier molecular flexibility index (Phi) is 8.53. The number of benzene rings is 2. The minimum Gasteiger partial charge on any atom is -0.465 e. The average Bonchev–Trinajstić information content (AvgIpc) is 2.71. The molecule has 9 heteroatoms. The maximum Gasteiger partial charge on any atom is 0.409 e. The Morgan fingerprint density at radius 2 is 1.86 bits per heavy atom. The van der Waals surface area contributed by atoms with Crippen molar-refractivity contribution in [1.29, 1.82) is 5.26 Å². The van der Waals surface area contributed by atoms with E-state index in [9.17, 15) is 14.4 Å². The highest BCUT2D eigenvalue weighted by atomic mass is 32.2. The first-order valence-corrected chi connectivity index (χ1v) is 9.82. The second-order valence-corrected chi connectivity index (χ2v) is 6.94. The molecule has 0 bridgehead atoms. The van der Waals surface area contributed by atoms with Gasteiger partial charge in [-0.05, 0) is 23.8 Å². The molecule has 29 heavy (non-hydrogen) atoms. The molecule has 150 valence electrons. The molecule has 2 aromatic carbocycles. The number of nitriles is 1. The van der Waals surface area contributed by atoms with Crippen molar-refractivity contribution >= 4 is 35.4 Å². The van der Waals surface area contributed by atoms with Crippen LogP contribution < -0.4 is 16.0 Å². The van der Waals surface area contributed by atoms with E-state index in [1.165, 1.54) is 36.0 Å². The standard InChI is InChI=1S/C20H20N4O4S/c21-9-10-22-19(26)17(13-29-12-14-5-2-1-3-6-14)24-18(25)15-7-4-8-16(11-15)23-20(27)28/h1-8,11,17,23H,10,12-13H2,(H,22,26)(H,24,25)(H,27,28). The molecular formula is C20H20N4O4S. The molecule has 0 spiro atoms. The minimum atomic E-state index is -1.24. The Bertz CT molecular complexity index is 899. The average molecular weight is 412 g/mol.